The van der Waals surface area contributed by atoms with Crippen molar-refractivity contribution in [3.63, 3.8) is 0 Å². The van der Waals surface area contributed by atoms with Crippen LogP contribution in [0.1, 0.15) is 41.8 Å². The Labute approximate surface area is 111 Å². The van der Waals surface area contributed by atoms with E-state index in [1.54, 1.807) is 6.20 Å². The van der Waals surface area contributed by atoms with E-state index in [0.29, 0.717) is 5.56 Å². The summed E-state index contributed by atoms with van der Waals surface area (Å²) in [5, 5.41) is 0. The van der Waals surface area contributed by atoms with Crippen LogP contribution in [0.4, 0.5) is 0 Å². The lowest BCUT2D eigenvalue weighted by atomic mass is 10.00. The monoisotopic (exact) mass is 293 g/mol. The first-order valence-electron chi connectivity index (χ1n) is 5.53. The van der Waals surface area contributed by atoms with Crippen LogP contribution in [0.3, 0.4) is 0 Å². The molecule has 2 nitrogen and oxygen atoms in total. The Morgan fingerprint density at radius 1 is 1.47 bits per heavy atom. The summed E-state index contributed by atoms with van der Waals surface area (Å²) in [4.78, 5) is 15.1. The van der Waals surface area contributed by atoms with Crippen molar-refractivity contribution >= 4 is 27.9 Å². The third-order valence-electron chi connectivity index (χ3n) is 2.43. The van der Waals surface area contributed by atoms with Crippen LogP contribution in [-0.4, -0.2) is 12.0 Å². The molecule has 0 aliphatic carbocycles. The first kappa shape index (κ1) is 13.8. The molecule has 1 rings (SSSR count). The summed E-state index contributed by atoms with van der Waals surface area (Å²) in [5.41, 5.74) is 3.91. The number of hydrogen-bond donors (Lipinski definition) is 0. The minimum Gasteiger partial charge on any atom is -0.298 e. The van der Waals surface area contributed by atoms with E-state index in [0.717, 1.165) is 34.0 Å². The predicted octanol–water partition coefficient (Wildman–Crippen LogP) is 4.26. The zero-order chi connectivity index (χ0) is 12.8. The van der Waals surface area contributed by atoms with E-state index in [1.165, 1.54) is 0 Å². The molecule has 0 spiro atoms. The molecule has 0 saturated carbocycles. The average Bonchev–Trinajstić information content (AvgIpc) is 2.31. The number of allylic oxidation sites excluding steroid dienone is 1. The largest absolute Gasteiger partial charge is 0.298 e. The SMILES string of the molecule is CCC(=N/C=C(\C)Br)c1ccc(C=O)cc1C. The second-order valence-electron chi connectivity index (χ2n) is 3.84. The van der Waals surface area contributed by atoms with Crippen LogP contribution < -0.4 is 0 Å². The minimum absolute atomic E-state index is 0.703. The fraction of sp³-hybridized carbons (Fsp3) is 0.286. The van der Waals surface area contributed by atoms with Gasteiger partial charge in [0.05, 0.1) is 0 Å². The highest BCUT2D eigenvalue weighted by Gasteiger charge is 2.05. The van der Waals surface area contributed by atoms with Crippen molar-refractivity contribution in [3.05, 3.63) is 45.6 Å². The van der Waals surface area contributed by atoms with Crippen LogP contribution in [0.15, 0.2) is 33.9 Å². The topological polar surface area (TPSA) is 29.4 Å². The lowest BCUT2D eigenvalue weighted by Gasteiger charge is -2.07. The van der Waals surface area contributed by atoms with E-state index in [9.17, 15) is 4.79 Å². The number of rotatable bonds is 4. The van der Waals surface area contributed by atoms with Crippen molar-refractivity contribution < 1.29 is 4.79 Å². The second-order valence-corrected chi connectivity index (χ2v) is 5.09. The molecule has 0 aliphatic rings. The number of nitrogens with zero attached hydrogens (tertiary/aromatic N) is 1. The number of benzene rings is 1. The van der Waals surface area contributed by atoms with Crippen molar-refractivity contribution in [3.8, 4) is 0 Å². The molecule has 3 heteroatoms. The molecule has 0 aromatic heterocycles. The fourth-order valence-corrected chi connectivity index (χ4v) is 1.70. The maximum absolute atomic E-state index is 10.7. The molecular weight excluding hydrogens is 278 g/mol. The number of aliphatic imine (C=N–C) groups is 1. The van der Waals surface area contributed by atoms with Gasteiger partial charge in [-0.3, -0.25) is 9.79 Å². The Balaban J connectivity index is 3.17. The van der Waals surface area contributed by atoms with Crippen LogP contribution >= 0.6 is 15.9 Å². The molecular formula is C14H16BrNO. The zero-order valence-corrected chi connectivity index (χ0v) is 11.9. The predicted molar refractivity (Wildman–Crippen MR) is 76.1 cm³/mol. The van der Waals surface area contributed by atoms with Gasteiger partial charge in [-0.25, -0.2) is 0 Å². The van der Waals surface area contributed by atoms with Gasteiger partial charge >= 0.3 is 0 Å². The van der Waals surface area contributed by atoms with E-state index in [2.05, 4.69) is 27.8 Å². The summed E-state index contributed by atoms with van der Waals surface area (Å²) in [6.07, 6.45) is 3.52. The van der Waals surface area contributed by atoms with Gasteiger partial charge in [0.15, 0.2) is 0 Å². The molecule has 0 unspecified atom stereocenters. The standard InChI is InChI=1S/C14H16BrNO/c1-4-14(16-8-11(3)15)13-6-5-12(9-17)7-10(13)2/h5-9H,4H2,1-3H3/b11-8+,16-14?. The molecule has 0 N–H and O–H groups in total. The molecule has 1 aromatic rings. The summed E-state index contributed by atoms with van der Waals surface area (Å²) < 4.78 is 0.991. The van der Waals surface area contributed by atoms with Crippen LogP contribution in [0.2, 0.25) is 0 Å². The molecule has 0 bridgehead atoms. The number of carbonyl (C=O) groups excluding carboxylic acids is 1. The highest BCUT2D eigenvalue weighted by molar-refractivity contribution is 9.11. The highest BCUT2D eigenvalue weighted by Crippen LogP contribution is 2.14. The number of aldehydes is 1. The normalized spacial score (nSPS) is 12.7. The number of hydrogen-bond acceptors (Lipinski definition) is 2. The smallest absolute Gasteiger partial charge is 0.150 e. The van der Waals surface area contributed by atoms with Crippen molar-refractivity contribution in [2.45, 2.75) is 27.2 Å². The minimum atomic E-state index is 0.703. The van der Waals surface area contributed by atoms with Crippen molar-refractivity contribution in [1.29, 1.82) is 0 Å². The van der Waals surface area contributed by atoms with Crippen molar-refractivity contribution in [2.24, 2.45) is 4.99 Å². The molecule has 0 atom stereocenters. The van der Waals surface area contributed by atoms with Crippen LogP contribution in [0.5, 0.6) is 0 Å². The first-order chi connectivity index (χ1) is 8.08. The van der Waals surface area contributed by atoms with Gasteiger partial charge in [-0.05, 0) is 37.5 Å². The molecule has 0 radical (unpaired) electrons. The third kappa shape index (κ3) is 3.93. The van der Waals surface area contributed by atoms with Gasteiger partial charge in [0, 0.05) is 22.0 Å². The van der Waals surface area contributed by atoms with Gasteiger partial charge in [0.2, 0.25) is 0 Å². The summed E-state index contributed by atoms with van der Waals surface area (Å²) in [6.45, 7) is 6.01. The molecule has 0 heterocycles. The summed E-state index contributed by atoms with van der Waals surface area (Å²) in [7, 11) is 0. The number of carbonyl (C=O) groups is 1. The third-order valence-corrected chi connectivity index (χ3v) is 2.64. The Morgan fingerprint density at radius 3 is 2.65 bits per heavy atom. The Morgan fingerprint density at radius 2 is 2.18 bits per heavy atom. The zero-order valence-electron chi connectivity index (χ0n) is 10.3. The maximum Gasteiger partial charge on any atom is 0.150 e. The van der Waals surface area contributed by atoms with Crippen molar-refractivity contribution in [1.82, 2.24) is 0 Å². The summed E-state index contributed by atoms with van der Waals surface area (Å²) in [5.74, 6) is 0. The molecule has 17 heavy (non-hydrogen) atoms. The van der Waals surface area contributed by atoms with Crippen molar-refractivity contribution in [2.75, 3.05) is 0 Å². The molecule has 0 saturated heterocycles. The van der Waals surface area contributed by atoms with Gasteiger partial charge in [0.1, 0.15) is 6.29 Å². The lowest BCUT2D eigenvalue weighted by Crippen LogP contribution is -2.02. The molecule has 1 aromatic carbocycles. The molecule has 0 fully saturated rings. The van der Waals surface area contributed by atoms with Gasteiger partial charge in [-0.15, -0.1) is 0 Å². The van der Waals surface area contributed by atoms with Crippen LogP contribution in [0.25, 0.3) is 0 Å². The van der Waals surface area contributed by atoms with Gasteiger partial charge < -0.3 is 0 Å². The van der Waals surface area contributed by atoms with Crippen LogP contribution in [0, 0.1) is 6.92 Å². The Hall–Kier alpha value is -1.22. The molecule has 0 aliphatic heterocycles. The van der Waals surface area contributed by atoms with E-state index in [4.69, 9.17) is 0 Å². The Bertz CT molecular complexity index is 471. The average molecular weight is 294 g/mol. The van der Waals surface area contributed by atoms with E-state index in [1.807, 2.05) is 32.0 Å². The van der Waals surface area contributed by atoms with Crippen LogP contribution in [-0.2, 0) is 0 Å². The van der Waals surface area contributed by atoms with Gasteiger partial charge in [-0.2, -0.15) is 0 Å². The van der Waals surface area contributed by atoms with E-state index in [-0.39, 0.29) is 0 Å². The number of aryl methyl sites for hydroxylation is 1. The molecule has 90 valence electrons. The lowest BCUT2D eigenvalue weighted by molar-refractivity contribution is 0.112. The second kappa shape index (κ2) is 6.50. The van der Waals surface area contributed by atoms with Gasteiger partial charge in [0.25, 0.3) is 0 Å². The number of halogens is 1. The van der Waals surface area contributed by atoms with Gasteiger partial charge in [-0.1, -0.05) is 35.0 Å². The molecule has 0 amide bonds. The highest BCUT2D eigenvalue weighted by atomic mass is 79.9. The first-order valence-corrected chi connectivity index (χ1v) is 6.33. The van der Waals surface area contributed by atoms with E-state index >= 15 is 0 Å². The summed E-state index contributed by atoms with van der Waals surface area (Å²) >= 11 is 3.35. The maximum atomic E-state index is 10.7. The van der Waals surface area contributed by atoms with E-state index < -0.39 is 0 Å². The Kier molecular flexibility index (Phi) is 5.29. The fourth-order valence-electron chi connectivity index (χ4n) is 1.60. The summed E-state index contributed by atoms with van der Waals surface area (Å²) in [6, 6.07) is 5.67. The quantitative estimate of drug-likeness (QED) is 0.602.